The van der Waals surface area contributed by atoms with E-state index in [1.165, 1.54) is 0 Å². The van der Waals surface area contributed by atoms with Crippen molar-refractivity contribution in [1.29, 1.82) is 0 Å². The number of carbonyl (C=O) groups excluding carboxylic acids is 1. The highest BCUT2D eigenvalue weighted by molar-refractivity contribution is 14.0. The number of halogens is 2. The van der Waals surface area contributed by atoms with Crippen molar-refractivity contribution < 1.29 is 9.53 Å². The van der Waals surface area contributed by atoms with Gasteiger partial charge in [-0.25, -0.2) is 4.99 Å². The lowest BCUT2D eigenvalue weighted by molar-refractivity contribution is -0.121. The number of aliphatic imine (C=N–C) groups is 1. The number of ether oxygens (including phenoxy) is 1. The van der Waals surface area contributed by atoms with Crippen molar-refractivity contribution in [1.82, 2.24) is 15.5 Å². The van der Waals surface area contributed by atoms with E-state index in [2.05, 4.69) is 22.5 Å². The molecule has 1 heterocycles. The molecule has 0 bridgehead atoms. The highest BCUT2D eigenvalue weighted by Gasteiger charge is 2.23. The molecule has 8 heteroatoms. The minimum absolute atomic E-state index is 0. The molecule has 6 nitrogen and oxygen atoms in total. The molecule has 1 fully saturated rings. The van der Waals surface area contributed by atoms with Crippen molar-refractivity contribution in [2.24, 2.45) is 10.9 Å². The van der Waals surface area contributed by atoms with Crippen molar-refractivity contribution in [2.75, 3.05) is 33.2 Å². The Bertz CT molecular complexity index is 619. The lowest BCUT2D eigenvalue weighted by atomic mass is 9.93. The van der Waals surface area contributed by atoms with Gasteiger partial charge in [-0.1, -0.05) is 11.6 Å². The van der Waals surface area contributed by atoms with Crippen LogP contribution in [0.25, 0.3) is 0 Å². The molecule has 28 heavy (non-hydrogen) atoms. The van der Waals surface area contributed by atoms with Crippen LogP contribution in [0.15, 0.2) is 29.3 Å². The first kappa shape index (κ1) is 24.8. The molecule has 2 N–H and O–H groups in total. The number of hydrogen-bond donors (Lipinski definition) is 2. The third-order valence-electron chi connectivity index (χ3n) is 4.65. The Morgan fingerprint density at radius 3 is 2.54 bits per heavy atom. The van der Waals surface area contributed by atoms with E-state index in [0.29, 0.717) is 23.9 Å². The highest BCUT2D eigenvalue weighted by atomic mass is 127. The Morgan fingerprint density at radius 2 is 1.96 bits per heavy atom. The highest BCUT2D eigenvalue weighted by Crippen LogP contribution is 2.21. The van der Waals surface area contributed by atoms with Gasteiger partial charge in [0.2, 0.25) is 5.91 Å². The Labute approximate surface area is 190 Å². The van der Waals surface area contributed by atoms with Gasteiger partial charge in [-0.05, 0) is 56.9 Å². The maximum Gasteiger partial charge on any atom is 0.220 e. The first-order valence-corrected chi connectivity index (χ1v) is 10.1. The van der Waals surface area contributed by atoms with E-state index < -0.39 is 0 Å². The topological polar surface area (TPSA) is 66.0 Å². The van der Waals surface area contributed by atoms with Crippen LogP contribution in [-0.4, -0.2) is 56.1 Å². The zero-order valence-corrected chi connectivity index (χ0v) is 20.0. The molecule has 1 amide bonds. The van der Waals surface area contributed by atoms with Crippen LogP contribution in [0.2, 0.25) is 5.02 Å². The molecule has 1 saturated heterocycles. The van der Waals surface area contributed by atoms with Gasteiger partial charge in [0.1, 0.15) is 11.9 Å². The quantitative estimate of drug-likeness (QED) is 0.327. The second-order valence-corrected chi connectivity index (χ2v) is 7.32. The van der Waals surface area contributed by atoms with E-state index in [1.54, 1.807) is 7.05 Å². The molecular weight excluding hydrogens is 491 g/mol. The average Bonchev–Trinajstić information content (AvgIpc) is 2.67. The van der Waals surface area contributed by atoms with E-state index in [0.717, 1.165) is 44.2 Å². The van der Waals surface area contributed by atoms with Gasteiger partial charge in [0.25, 0.3) is 0 Å². The van der Waals surface area contributed by atoms with Crippen LogP contribution < -0.4 is 15.4 Å². The number of benzene rings is 1. The Kier molecular flexibility index (Phi) is 11.6. The number of piperidine rings is 1. The number of carbonyl (C=O) groups is 1. The molecule has 1 atom stereocenters. The summed E-state index contributed by atoms with van der Waals surface area (Å²) in [5.41, 5.74) is 0. The fraction of sp³-hybridized carbons (Fsp3) is 0.600. The molecule has 1 aromatic rings. The number of rotatable bonds is 7. The summed E-state index contributed by atoms with van der Waals surface area (Å²) in [6.45, 7) is 7.31. The minimum atomic E-state index is -0.0365. The second kappa shape index (κ2) is 13.1. The fourth-order valence-corrected chi connectivity index (χ4v) is 3.26. The van der Waals surface area contributed by atoms with Gasteiger partial charge in [0.05, 0.1) is 6.54 Å². The van der Waals surface area contributed by atoms with Crippen molar-refractivity contribution in [2.45, 2.75) is 39.2 Å². The van der Waals surface area contributed by atoms with Gasteiger partial charge < -0.3 is 20.3 Å². The lowest BCUT2D eigenvalue weighted by Gasteiger charge is -2.34. The molecule has 1 aromatic carbocycles. The third kappa shape index (κ3) is 8.43. The second-order valence-electron chi connectivity index (χ2n) is 6.88. The first-order chi connectivity index (χ1) is 13.0. The zero-order valence-electron chi connectivity index (χ0n) is 16.9. The maximum atomic E-state index is 11.6. The predicted octanol–water partition coefficient (Wildman–Crippen LogP) is 3.54. The molecule has 1 aliphatic heterocycles. The minimum Gasteiger partial charge on any atom is -0.489 e. The molecule has 2 rings (SSSR count). The molecule has 0 aromatic heterocycles. The summed E-state index contributed by atoms with van der Waals surface area (Å²) in [5, 5.41) is 6.78. The zero-order chi connectivity index (χ0) is 19.6. The lowest BCUT2D eigenvalue weighted by Crippen LogP contribution is -2.46. The summed E-state index contributed by atoms with van der Waals surface area (Å²) in [6, 6.07) is 7.37. The van der Waals surface area contributed by atoms with E-state index >= 15 is 0 Å². The summed E-state index contributed by atoms with van der Waals surface area (Å²) in [5.74, 6) is 2.29. The van der Waals surface area contributed by atoms with Gasteiger partial charge in [0, 0.05) is 38.1 Å². The number of hydrogen-bond acceptors (Lipinski definition) is 3. The van der Waals surface area contributed by atoms with Crippen molar-refractivity contribution in [3.05, 3.63) is 29.3 Å². The first-order valence-electron chi connectivity index (χ1n) is 9.67. The van der Waals surface area contributed by atoms with Crippen LogP contribution in [0.1, 0.15) is 33.1 Å². The normalized spacial score (nSPS) is 16.1. The SMILES string of the molecule is CCNC(=NCC(C)Oc1ccc(Cl)cc1)N1CCC(CC(=O)NC)CC1.I. The Hall–Kier alpha value is -1.22. The van der Waals surface area contributed by atoms with Gasteiger partial charge in [-0.15, -0.1) is 24.0 Å². The fourth-order valence-electron chi connectivity index (χ4n) is 3.14. The van der Waals surface area contributed by atoms with E-state index in [4.69, 9.17) is 21.3 Å². The van der Waals surface area contributed by atoms with E-state index in [9.17, 15) is 4.79 Å². The van der Waals surface area contributed by atoms with Gasteiger partial charge in [-0.2, -0.15) is 0 Å². The number of guanidine groups is 1. The maximum absolute atomic E-state index is 11.6. The summed E-state index contributed by atoms with van der Waals surface area (Å²) < 4.78 is 5.90. The van der Waals surface area contributed by atoms with Crippen LogP contribution in [0, 0.1) is 5.92 Å². The van der Waals surface area contributed by atoms with Crippen LogP contribution in [-0.2, 0) is 4.79 Å². The largest absolute Gasteiger partial charge is 0.489 e. The summed E-state index contributed by atoms with van der Waals surface area (Å²) in [4.78, 5) is 18.6. The van der Waals surface area contributed by atoms with E-state index in [-0.39, 0.29) is 36.0 Å². The van der Waals surface area contributed by atoms with Gasteiger partial charge in [-0.3, -0.25) is 4.79 Å². The standard InChI is InChI=1S/C20H31ClN4O2.HI/c1-4-23-20(25-11-9-16(10-12-25)13-19(26)22-3)24-14-15(2)27-18-7-5-17(21)6-8-18;/h5-8,15-16H,4,9-14H2,1-3H3,(H,22,26)(H,23,24);1H. The monoisotopic (exact) mass is 522 g/mol. The summed E-state index contributed by atoms with van der Waals surface area (Å²) in [6.07, 6.45) is 2.60. The van der Waals surface area contributed by atoms with Crippen LogP contribution in [0.3, 0.4) is 0 Å². The third-order valence-corrected chi connectivity index (χ3v) is 4.90. The molecular formula is C20H32ClIN4O2. The molecule has 1 aliphatic rings. The summed E-state index contributed by atoms with van der Waals surface area (Å²) in [7, 11) is 1.70. The Morgan fingerprint density at radius 1 is 1.32 bits per heavy atom. The molecule has 0 saturated carbocycles. The van der Waals surface area contributed by atoms with Crippen molar-refractivity contribution in [3.63, 3.8) is 0 Å². The number of likely N-dealkylation sites (tertiary alicyclic amines) is 1. The number of amides is 1. The number of nitrogens with one attached hydrogen (secondary N) is 2. The van der Waals surface area contributed by atoms with Crippen LogP contribution in [0.5, 0.6) is 5.75 Å². The smallest absolute Gasteiger partial charge is 0.220 e. The van der Waals surface area contributed by atoms with Crippen molar-refractivity contribution in [3.8, 4) is 5.75 Å². The van der Waals surface area contributed by atoms with Crippen molar-refractivity contribution >= 4 is 47.4 Å². The van der Waals surface area contributed by atoms with Crippen LogP contribution >= 0.6 is 35.6 Å². The van der Waals surface area contributed by atoms with Crippen LogP contribution in [0.4, 0.5) is 0 Å². The predicted molar refractivity (Wildman–Crippen MR) is 126 cm³/mol. The average molecular weight is 523 g/mol. The Balaban J connectivity index is 0.00000392. The number of nitrogens with zero attached hydrogens (tertiary/aromatic N) is 2. The molecule has 0 radical (unpaired) electrons. The summed E-state index contributed by atoms with van der Waals surface area (Å²) >= 11 is 5.90. The van der Waals surface area contributed by atoms with Gasteiger partial charge in [0.15, 0.2) is 5.96 Å². The molecule has 1 unspecified atom stereocenters. The molecule has 0 aliphatic carbocycles. The van der Waals surface area contributed by atoms with Gasteiger partial charge >= 0.3 is 0 Å². The molecule has 0 spiro atoms. The molecule has 158 valence electrons. The van der Waals surface area contributed by atoms with E-state index in [1.807, 2.05) is 31.2 Å².